The largest absolute Gasteiger partial charge is 0.316 e. The Labute approximate surface area is 114 Å². The number of likely N-dealkylation sites (tertiary alicyclic amines) is 1. The zero-order valence-electron chi connectivity index (χ0n) is 12.8. The summed E-state index contributed by atoms with van der Waals surface area (Å²) in [7, 11) is 0. The van der Waals surface area contributed by atoms with E-state index in [-0.39, 0.29) is 0 Å². The van der Waals surface area contributed by atoms with Gasteiger partial charge in [-0.1, -0.05) is 27.7 Å². The van der Waals surface area contributed by atoms with Crippen LogP contribution in [0.25, 0.3) is 0 Å². The molecule has 18 heavy (non-hydrogen) atoms. The molecule has 3 atom stereocenters. The van der Waals surface area contributed by atoms with Crippen molar-refractivity contribution in [2.75, 3.05) is 32.7 Å². The average Bonchev–Trinajstić information content (AvgIpc) is 2.54. The summed E-state index contributed by atoms with van der Waals surface area (Å²) in [4.78, 5) is 2.74. The molecular weight excluding hydrogens is 220 g/mol. The van der Waals surface area contributed by atoms with E-state index in [0.717, 1.165) is 17.8 Å². The summed E-state index contributed by atoms with van der Waals surface area (Å²) in [5, 5.41) is 3.53. The zero-order chi connectivity index (χ0) is 13.2. The number of nitrogens with one attached hydrogen (secondary N) is 1. The average molecular weight is 252 g/mol. The molecule has 2 nitrogen and oxygen atoms in total. The zero-order valence-corrected chi connectivity index (χ0v) is 12.8. The molecule has 2 rings (SSSR count). The Morgan fingerprint density at radius 1 is 1.11 bits per heavy atom. The van der Waals surface area contributed by atoms with E-state index in [4.69, 9.17) is 0 Å². The standard InChI is InChI=1S/C16H32N2/c1-13-10-17-11-14(13)12-18-8-5-6-15(7-9-18)16(2,3)4/h13-15,17H,5-12H2,1-4H3. The van der Waals surface area contributed by atoms with Gasteiger partial charge in [-0.3, -0.25) is 0 Å². The highest BCUT2D eigenvalue weighted by Crippen LogP contribution is 2.34. The molecule has 2 aliphatic rings. The first-order valence-corrected chi connectivity index (χ1v) is 7.90. The molecule has 0 spiro atoms. The van der Waals surface area contributed by atoms with Crippen LogP contribution in [0.2, 0.25) is 0 Å². The number of rotatable bonds is 2. The van der Waals surface area contributed by atoms with Gasteiger partial charge >= 0.3 is 0 Å². The van der Waals surface area contributed by atoms with E-state index < -0.39 is 0 Å². The van der Waals surface area contributed by atoms with Gasteiger partial charge in [0.2, 0.25) is 0 Å². The smallest absolute Gasteiger partial charge is 0.00248 e. The molecule has 0 amide bonds. The molecule has 3 unspecified atom stereocenters. The summed E-state index contributed by atoms with van der Waals surface area (Å²) in [6.45, 7) is 16.1. The summed E-state index contributed by atoms with van der Waals surface area (Å²) in [6, 6.07) is 0. The third kappa shape index (κ3) is 3.71. The Bertz CT molecular complexity index is 256. The van der Waals surface area contributed by atoms with Gasteiger partial charge in [-0.25, -0.2) is 0 Å². The molecule has 2 saturated heterocycles. The van der Waals surface area contributed by atoms with E-state index >= 15 is 0 Å². The third-order valence-corrected chi connectivity index (χ3v) is 5.22. The van der Waals surface area contributed by atoms with Crippen molar-refractivity contribution in [1.82, 2.24) is 10.2 Å². The first kappa shape index (κ1) is 14.3. The van der Waals surface area contributed by atoms with Crippen LogP contribution < -0.4 is 5.32 Å². The Kier molecular flexibility index (Phi) is 4.71. The summed E-state index contributed by atoms with van der Waals surface area (Å²) >= 11 is 0. The maximum atomic E-state index is 3.53. The predicted octanol–water partition coefficient (Wildman–Crippen LogP) is 2.99. The van der Waals surface area contributed by atoms with Gasteiger partial charge < -0.3 is 10.2 Å². The molecule has 1 N–H and O–H groups in total. The molecule has 0 aromatic rings. The number of nitrogens with zero attached hydrogens (tertiary/aromatic N) is 1. The molecule has 106 valence electrons. The van der Waals surface area contributed by atoms with Crippen LogP contribution >= 0.6 is 0 Å². The van der Waals surface area contributed by atoms with Crippen molar-refractivity contribution in [3.63, 3.8) is 0 Å². The molecule has 0 saturated carbocycles. The summed E-state index contributed by atoms with van der Waals surface area (Å²) in [6.07, 6.45) is 4.23. The van der Waals surface area contributed by atoms with Gasteiger partial charge in [0.15, 0.2) is 0 Å². The maximum absolute atomic E-state index is 3.53. The molecule has 2 fully saturated rings. The van der Waals surface area contributed by atoms with Crippen LogP contribution in [0.15, 0.2) is 0 Å². The lowest BCUT2D eigenvalue weighted by atomic mass is 9.77. The fourth-order valence-electron chi connectivity index (χ4n) is 3.64. The molecule has 0 aliphatic carbocycles. The Morgan fingerprint density at radius 2 is 1.89 bits per heavy atom. The van der Waals surface area contributed by atoms with Crippen LogP contribution in [0.3, 0.4) is 0 Å². The van der Waals surface area contributed by atoms with E-state index in [0.29, 0.717) is 5.41 Å². The Balaban J connectivity index is 1.82. The topological polar surface area (TPSA) is 15.3 Å². The summed E-state index contributed by atoms with van der Waals surface area (Å²) < 4.78 is 0. The van der Waals surface area contributed by atoms with Crippen LogP contribution in [0.1, 0.15) is 47.0 Å². The minimum atomic E-state index is 0.498. The lowest BCUT2D eigenvalue weighted by molar-refractivity contribution is 0.195. The van der Waals surface area contributed by atoms with Crippen molar-refractivity contribution in [3.05, 3.63) is 0 Å². The Morgan fingerprint density at radius 3 is 2.50 bits per heavy atom. The van der Waals surface area contributed by atoms with Crippen LogP contribution in [0, 0.1) is 23.2 Å². The molecule has 2 aliphatic heterocycles. The van der Waals surface area contributed by atoms with Crippen molar-refractivity contribution < 1.29 is 0 Å². The highest BCUT2D eigenvalue weighted by atomic mass is 15.1. The minimum Gasteiger partial charge on any atom is -0.316 e. The quantitative estimate of drug-likeness (QED) is 0.813. The van der Waals surface area contributed by atoms with Crippen LogP contribution in [-0.4, -0.2) is 37.6 Å². The first-order chi connectivity index (χ1) is 8.47. The predicted molar refractivity (Wildman–Crippen MR) is 78.8 cm³/mol. The fraction of sp³-hybridized carbons (Fsp3) is 1.00. The lowest BCUT2D eigenvalue weighted by Gasteiger charge is -2.30. The molecular formula is C16H32N2. The van der Waals surface area contributed by atoms with E-state index in [9.17, 15) is 0 Å². The van der Waals surface area contributed by atoms with Gasteiger partial charge in [0.1, 0.15) is 0 Å². The van der Waals surface area contributed by atoms with E-state index in [2.05, 4.69) is 37.9 Å². The van der Waals surface area contributed by atoms with E-state index in [1.165, 1.54) is 52.0 Å². The summed E-state index contributed by atoms with van der Waals surface area (Å²) in [5.74, 6) is 2.67. The second kappa shape index (κ2) is 5.92. The van der Waals surface area contributed by atoms with Gasteiger partial charge in [-0.05, 0) is 68.6 Å². The van der Waals surface area contributed by atoms with Crippen LogP contribution in [-0.2, 0) is 0 Å². The van der Waals surface area contributed by atoms with Crippen LogP contribution in [0.4, 0.5) is 0 Å². The fourth-order valence-corrected chi connectivity index (χ4v) is 3.64. The lowest BCUT2D eigenvalue weighted by Crippen LogP contribution is -2.33. The number of hydrogen-bond donors (Lipinski definition) is 1. The van der Waals surface area contributed by atoms with E-state index in [1.54, 1.807) is 0 Å². The third-order valence-electron chi connectivity index (χ3n) is 5.22. The molecule has 0 bridgehead atoms. The normalized spacial score (nSPS) is 35.7. The maximum Gasteiger partial charge on any atom is 0.00248 e. The van der Waals surface area contributed by atoms with Crippen molar-refractivity contribution in [2.24, 2.45) is 23.2 Å². The first-order valence-electron chi connectivity index (χ1n) is 7.90. The molecule has 2 heteroatoms. The second-order valence-electron chi connectivity index (χ2n) is 7.69. The SMILES string of the molecule is CC1CNCC1CN1CCCC(C(C)(C)C)CC1. The van der Waals surface area contributed by atoms with Gasteiger partial charge in [0, 0.05) is 6.54 Å². The van der Waals surface area contributed by atoms with Gasteiger partial charge in [-0.2, -0.15) is 0 Å². The van der Waals surface area contributed by atoms with Crippen LogP contribution in [0.5, 0.6) is 0 Å². The summed E-state index contributed by atoms with van der Waals surface area (Å²) in [5.41, 5.74) is 0.498. The number of hydrogen-bond acceptors (Lipinski definition) is 2. The molecule has 0 aromatic carbocycles. The van der Waals surface area contributed by atoms with Crippen molar-refractivity contribution in [3.8, 4) is 0 Å². The minimum absolute atomic E-state index is 0.498. The monoisotopic (exact) mass is 252 g/mol. The highest BCUT2D eigenvalue weighted by Gasteiger charge is 2.29. The van der Waals surface area contributed by atoms with Crippen molar-refractivity contribution in [1.29, 1.82) is 0 Å². The van der Waals surface area contributed by atoms with Gasteiger partial charge in [0.25, 0.3) is 0 Å². The second-order valence-corrected chi connectivity index (χ2v) is 7.69. The van der Waals surface area contributed by atoms with Crippen molar-refractivity contribution in [2.45, 2.75) is 47.0 Å². The molecule has 0 aromatic heterocycles. The molecule has 0 radical (unpaired) electrons. The van der Waals surface area contributed by atoms with Crippen molar-refractivity contribution >= 4 is 0 Å². The van der Waals surface area contributed by atoms with Gasteiger partial charge in [0.05, 0.1) is 0 Å². The van der Waals surface area contributed by atoms with Gasteiger partial charge in [-0.15, -0.1) is 0 Å². The highest BCUT2D eigenvalue weighted by molar-refractivity contribution is 4.83. The van der Waals surface area contributed by atoms with E-state index in [1.807, 2.05) is 0 Å². The molecule has 2 heterocycles. The Hall–Kier alpha value is -0.0800.